The Morgan fingerprint density at radius 3 is 2.47 bits per heavy atom. The fourth-order valence-electron chi connectivity index (χ4n) is 2.57. The van der Waals surface area contributed by atoms with Crippen LogP contribution < -0.4 is 10.6 Å². The molecule has 1 amide bonds. The smallest absolute Gasteiger partial charge is 0.223 e. The van der Waals surface area contributed by atoms with E-state index in [4.69, 9.17) is 0 Å². The Balaban J connectivity index is 2.35. The molecule has 1 rings (SSSR count). The summed E-state index contributed by atoms with van der Waals surface area (Å²) in [5, 5.41) is 6.52. The molecule has 17 heavy (non-hydrogen) atoms. The van der Waals surface area contributed by atoms with E-state index in [-0.39, 0.29) is 17.2 Å². The summed E-state index contributed by atoms with van der Waals surface area (Å²) in [5.74, 6) is 0.491. The van der Waals surface area contributed by atoms with Crippen LogP contribution in [0.15, 0.2) is 0 Å². The first kappa shape index (κ1) is 14.5. The predicted molar refractivity (Wildman–Crippen MR) is 71.9 cm³/mol. The van der Waals surface area contributed by atoms with Crippen molar-refractivity contribution in [3.63, 3.8) is 0 Å². The zero-order valence-corrected chi connectivity index (χ0v) is 11.6. The van der Waals surface area contributed by atoms with Crippen molar-refractivity contribution in [3.8, 4) is 0 Å². The van der Waals surface area contributed by atoms with Crippen molar-refractivity contribution in [1.29, 1.82) is 0 Å². The lowest BCUT2D eigenvalue weighted by Gasteiger charge is -2.24. The molecule has 1 heterocycles. The number of rotatable bonds is 7. The van der Waals surface area contributed by atoms with Gasteiger partial charge in [0.15, 0.2) is 0 Å². The molecule has 0 spiro atoms. The summed E-state index contributed by atoms with van der Waals surface area (Å²) in [6.07, 6.45) is 5.40. The Hall–Kier alpha value is -0.570. The highest BCUT2D eigenvalue weighted by Crippen LogP contribution is 2.23. The first-order valence-electron chi connectivity index (χ1n) is 7.09. The molecule has 0 aliphatic carbocycles. The number of hydrogen-bond donors (Lipinski definition) is 2. The molecule has 1 aliphatic heterocycles. The number of carbonyl (C=O) groups excluding carboxylic acids is 1. The molecule has 2 N–H and O–H groups in total. The Kier molecular flexibility index (Phi) is 5.96. The topological polar surface area (TPSA) is 41.1 Å². The predicted octanol–water partition coefficient (Wildman–Crippen LogP) is 2.32. The third kappa shape index (κ3) is 4.66. The van der Waals surface area contributed by atoms with E-state index in [9.17, 15) is 4.79 Å². The van der Waals surface area contributed by atoms with Crippen molar-refractivity contribution in [1.82, 2.24) is 10.6 Å². The molecule has 0 aromatic rings. The highest BCUT2D eigenvalue weighted by atomic mass is 16.1. The van der Waals surface area contributed by atoms with Crippen LogP contribution in [-0.2, 0) is 4.79 Å². The van der Waals surface area contributed by atoms with Crippen LogP contribution in [-0.4, -0.2) is 25.5 Å². The van der Waals surface area contributed by atoms with Crippen LogP contribution in [0.3, 0.4) is 0 Å². The molecule has 1 unspecified atom stereocenters. The van der Waals surface area contributed by atoms with Gasteiger partial charge in [-0.15, -0.1) is 0 Å². The molecule has 1 fully saturated rings. The minimum Gasteiger partial charge on any atom is -0.355 e. The highest BCUT2D eigenvalue weighted by molar-refractivity contribution is 5.78. The highest BCUT2D eigenvalue weighted by Gasteiger charge is 2.29. The number of carbonyl (C=O) groups is 1. The summed E-state index contributed by atoms with van der Waals surface area (Å²) in [4.78, 5) is 12.1. The maximum Gasteiger partial charge on any atom is 0.223 e. The van der Waals surface area contributed by atoms with Crippen LogP contribution in [0.2, 0.25) is 0 Å². The summed E-state index contributed by atoms with van der Waals surface area (Å²) in [5.41, 5.74) is 0.263. The van der Waals surface area contributed by atoms with Gasteiger partial charge in [0.1, 0.15) is 0 Å². The maximum absolute atomic E-state index is 12.1. The second-order valence-corrected chi connectivity index (χ2v) is 5.73. The second kappa shape index (κ2) is 7.00. The zero-order chi connectivity index (χ0) is 12.7. The van der Waals surface area contributed by atoms with Gasteiger partial charge in [-0.25, -0.2) is 0 Å². The van der Waals surface area contributed by atoms with Crippen molar-refractivity contribution in [2.75, 3.05) is 19.6 Å². The van der Waals surface area contributed by atoms with Crippen LogP contribution in [0, 0.1) is 11.3 Å². The second-order valence-electron chi connectivity index (χ2n) is 5.73. The van der Waals surface area contributed by atoms with E-state index in [2.05, 4.69) is 31.4 Å². The van der Waals surface area contributed by atoms with Crippen molar-refractivity contribution in [2.24, 2.45) is 11.3 Å². The average molecular weight is 240 g/mol. The van der Waals surface area contributed by atoms with E-state index in [1.165, 1.54) is 6.42 Å². The van der Waals surface area contributed by atoms with Gasteiger partial charge in [-0.3, -0.25) is 4.79 Å². The summed E-state index contributed by atoms with van der Waals surface area (Å²) in [6, 6.07) is 0. The SMILES string of the molecule is CCCC(CCC)C(=O)NCC1(C)CCNC1. The van der Waals surface area contributed by atoms with Crippen LogP contribution in [0.4, 0.5) is 0 Å². The van der Waals surface area contributed by atoms with Gasteiger partial charge < -0.3 is 10.6 Å². The molecule has 1 aliphatic rings. The minimum absolute atomic E-state index is 0.225. The summed E-state index contributed by atoms with van der Waals surface area (Å²) < 4.78 is 0. The number of nitrogens with one attached hydrogen (secondary N) is 2. The standard InChI is InChI=1S/C14H28N2O/c1-4-6-12(7-5-2)13(17)16-11-14(3)8-9-15-10-14/h12,15H,4-11H2,1-3H3,(H,16,17). The first-order chi connectivity index (χ1) is 8.11. The Morgan fingerprint density at radius 2 is 2.00 bits per heavy atom. The maximum atomic E-state index is 12.1. The largest absolute Gasteiger partial charge is 0.355 e. The molecular formula is C14H28N2O. The molecule has 1 saturated heterocycles. The van der Waals surface area contributed by atoms with E-state index < -0.39 is 0 Å². The molecular weight excluding hydrogens is 212 g/mol. The van der Waals surface area contributed by atoms with E-state index >= 15 is 0 Å². The molecule has 0 aromatic carbocycles. The third-order valence-corrected chi connectivity index (χ3v) is 3.79. The fraction of sp³-hybridized carbons (Fsp3) is 0.929. The van der Waals surface area contributed by atoms with Crippen LogP contribution >= 0.6 is 0 Å². The monoisotopic (exact) mass is 240 g/mol. The average Bonchev–Trinajstić information content (AvgIpc) is 2.73. The lowest BCUT2D eigenvalue weighted by molar-refractivity contribution is -0.125. The Labute approximate surface area is 106 Å². The van der Waals surface area contributed by atoms with Gasteiger partial charge in [0.2, 0.25) is 5.91 Å². The molecule has 0 radical (unpaired) electrons. The summed E-state index contributed by atoms with van der Waals surface area (Å²) in [7, 11) is 0. The van der Waals surface area contributed by atoms with E-state index in [1.807, 2.05) is 0 Å². The molecule has 0 bridgehead atoms. The summed E-state index contributed by atoms with van der Waals surface area (Å²) >= 11 is 0. The van der Waals surface area contributed by atoms with Crippen molar-refractivity contribution >= 4 is 5.91 Å². The van der Waals surface area contributed by atoms with Gasteiger partial charge in [0.05, 0.1) is 0 Å². The van der Waals surface area contributed by atoms with Gasteiger partial charge in [-0.05, 0) is 31.2 Å². The van der Waals surface area contributed by atoms with Crippen molar-refractivity contribution < 1.29 is 4.79 Å². The lowest BCUT2D eigenvalue weighted by atomic mass is 9.89. The molecule has 0 aromatic heterocycles. The van der Waals surface area contributed by atoms with Crippen LogP contribution in [0.1, 0.15) is 52.9 Å². The Bertz CT molecular complexity index is 228. The first-order valence-corrected chi connectivity index (χ1v) is 7.09. The van der Waals surface area contributed by atoms with Gasteiger partial charge in [0.25, 0.3) is 0 Å². The van der Waals surface area contributed by atoms with Crippen LogP contribution in [0.25, 0.3) is 0 Å². The van der Waals surface area contributed by atoms with Crippen molar-refractivity contribution in [3.05, 3.63) is 0 Å². The Morgan fingerprint density at radius 1 is 1.35 bits per heavy atom. The molecule has 1 atom stereocenters. The third-order valence-electron chi connectivity index (χ3n) is 3.79. The molecule has 0 saturated carbocycles. The molecule has 3 nitrogen and oxygen atoms in total. The molecule has 3 heteroatoms. The number of hydrogen-bond acceptors (Lipinski definition) is 2. The van der Waals surface area contributed by atoms with Gasteiger partial charge in [0, 0.05) is 19.0 Å². The quantitative estimate of drug-likeness (QED) is 0.717. The fourth-order valence-corrected chi connectivity index (χ4v) is 2.57. The normalized spacial score (nSPS) is 24.2. The lowest BCUT2D eigenvalue weighted by Crippen LogP contribution is -2.39. The van der Waals surface area contributed by atoms with Crippen molar-refractivity contribution in [2.45, 2.75) is 52.9 Å². The van der Waals surface area contributed by atoms with Gasteiger partial charge >= 0.3 is 0 Å². The van der Waals surface area contributed by atoms with Crippen LogP contribution in [0.5, 0.6) is 0 Å². The van der Waals surface area contributed by atoms with Gasteiger partial charge in [-0.2, -0.15) is 0 Å². The van der Waals surface area contributed by atoms with E-state index in [0.29, 0.717) is 0 Å². The summed E-state index contributed by atoms with van der Waals surface area (Å²) in [6.45, 7) is 9.49. The van der Waals surface area contributed by atoms with E-state index in [1.54, 1.807) is 0 Å². The van der Waals surface area contributed by atoms with E-state index in [0.717, 1.165) is 45.3 Å². The minimum atomic E-state index is 0.225. The zero-order valence-electron chi connectivity index (χ0n) is 11.6. The number of amides is 1. The molecule has 100 valence electrons. The van der Waals surface area contributed by atoms with Gasteiger partial charge in [-0.1, -0.05) is 33.6 Å².